The lowest BCUT2D eigenvalue weighted by Gasteiger charge is -2.16. The van der Waals surface area contributed by atoms with Gasteiger partial charge in [0.25, 0.3) is 0 Å². The number of aromatic nitrogens is 1. The molecule has 0 aliphatic carbocycles. The summed E-state index contributed by atoms with van der Waals surface area (Å²) in [6, 6.07) is 7.77. The number of halogens is 1. The lowest BCUT2D eigenvalue weighted by atomic mass is 10.0. The Bertz CT molecular complexity index is 599. The zero-order valence-electron chi connectivity index (χ0n) is 11.3. The molecule has 3 rings (SSSR count). The fourth-order valence-corrected chi connectivity index (χ4v) is 3.65. The van der Waals surface area contributed by atoms with E-state index in [9.17, 15) is 5.11 Å². The van der Waals surface area contributed by atoms with Crippen molar-refractivity contribution in [2.45, 2.75) is 19.4 Å². The summed E-state index contributed by atoms with van der Waals surface area (Å²) in [4.78, 5) is 6.95. The average molecular weight is 309 g/mol. The summed E-state index contributed by atoms with van der Waals surface area (Å²) in [7, 11) is 0. The summed E-state index contributed by atoms with van der Waals surface area (Å²) in [5, 5.41) is 13.5. The molecular formula is C15H17ClN2OS. The van der Waals surface area contributed by atoms with Crippen molar-refractivity contribution >= 4 is 28.1 Å². The maximum Gasteiger partial charge on any atom is 0.185 e. The van der Waals surface area contributed by atoms with E-state index in [1.165, 1.54) is 0 Å². The van der Waals surface area contributed by atoms with Gasteiger partial charge in [-0.1, -0.05) is 29.8 Å². The molecule has 1 saturated heterocycles. The number of aliphatic hydroxyl groups is 1. The van der Waals surface area contributed by atoms with E-state index in [-0.39, 0.29) is 6.10 Å². The molecule has 1 aliphatic rings. The molecule has 20 heavy (non-hydrogen) atoms. The van der Waals surface area contributed by atoms with Crippen LogP contribution in [0, 0.1) is 5.92 Å². The van der Waals surface area contributed by atoms with Crippen LogP contribution in [-0.4, -0.2) is 29.3 Å². The molecule has 1 N–H and O–H groups in total. The molecule has 2 heterocycles. The van der Waals surface area contributed by atoms with Crippen molar-refractivity contribution in [1.82, 2.24) is 4.98 Å². The normalized spacial score (nSPS) is 20.4. The van der Waals surface area contributed by atoms with Crippen molar-refractivity contribution in [3.8, 4) is 11.3 Å². The molecule has 5 heteroatoms. The van der Waals surface area contributed by atoms with Crippen molar-refractivity contribution < 1.29 is 5.11 Å². The van der Waals surface area contributed by atoms with Gasteiger partial charge >= 0.3 is 0 Å². The Hall–Kier alpha value is -1.10. The van der Waals surface area contributed by atoms with Gasteiger partial charge in [0.1, 0.15) is 0 Å². The minimum atomic E-state index is -0.247. The summed E-state index contributed by atoms with van der Waals surface area (Å²) in [5.41, 5.74) is 1.90. The van der Waals surface area contributed by atoms with E-state index in [0.717, 1.165) is 40.9 Å². The average Bonchev–Trinajstić information content (AvgIpc) is 3.08. The van der Waals surface area contributed by atoms with Gasteiger partial charge in [-0.25, -0.2) is 4.98 Å². The first-order valence-corrected chi connectivity index (χ1v) is 8.04. The zero-order valence-corrected chi connectivity index (χ0v) is 12.9. The molecular weight excluding hydrogens is 292 g/mol. The topological polar surface area (TPSA) is 36.4 Å². The molecule has 0 amide bonds. The number of aliphatic hydroxyl groups excluding tert-OH is 1. The van der Waals surface area contributed by atoms with Gasteiger partial charge in [-0.05, 0) is 19.4 Å². The van der Waals surface area contributed by atoms with Crippen molar-refractivity contribution in [2.75, 3.05) is 18.0 Å². The third kappa shape index (κ3) is 2.68. The van der Waals surface area contributed by atoms with Crippen LogP contribution in [0.2, 0.25) is 5.02 Å². The predicted molar refractivity (Wildman–Crippen MR) is 84.6 cm³/mol. The predicted octanol–water partition coefficient (Wildman–Crippen LogP) is 3.67. The summed E-state index contributed by atoms with van der Waals surface area (Å²) in [6.07, 6.45) is 0.779. The fraction of sp³-hybridized carbons (Fsp3) is 0.400. The van der Waals surface area contributed by atoms with Crippen molar-refractivity contribution in [3.05, 3.63) is 34.7 Å². The summed E-state index contributed by atoms with van der Waals surface area (Å²) in [6.45, 7) is 3.71. The Morgan fingerprint density at radius 3 is 2.95 bits per heavy atom. The summed E-state index contributed by atoms with van der Waals surface area (Å²) >= 11 is 7.85. The SMILES string of the molecule is CC(O)C1CCN(c2nc(-c3ccccc3Cl)cs2)C1. The van der Waals surface area contributed by atoms with Crippen LogP contribution >= 0.6 is 22.9 Å². The van der Waals surface area contributed by atoms with Crippen LogP contribution in [0.4, 0.5) is 5.13 Å². The lowest BCUT2D eigenvalue weighted by Crippen LogP contribution is -2.23. The molecule has 1 fully saturated rings. The Morgan fingerprint density at radius 2 is 2.25 bits per heavy atom. The van der Waals surface area contributed by atoms with E-state index in [1.54, 1.807) is 11.3 Å². The number of nitrogens with zero attached hydrogens (tertiary/aromatic N) is 2. The molecule has 3 nitrogen and oxygen atoms in total. The van der Waals surface area contributed by atoms with E-state index in [2.05, 4.69) is 4.90 Å². The molecule has 0 radical (unpaired) electrons. The summed E-state index contributed by atoms with van der Waals surface area (Å²) in [5.74, 6) is 0.350. The van der Waals surface area contributed by atoms with Crippen LogP contribution < -0.4 is 4.90 Å². The van der Waals surface area contributed by atoms with Crippen molar-refractivity contribution in [2.24, 2.45) is 5.92 Å². The molecule has 2 atom stereocenters. The standard InChI is InChI=1S/C15H17ClN2OS/c1-10(19)11-6-7-18(8-11)15-17-14(9-20-15)12-4-2-3-5-13(12)16/h2-5,9-11,19H,6-8H2,1H3. The second-order valence-corrected chi connectivity index (χ2v) is 6.47. The monoisotopic (exact) mass is 308 g/mol. The molecule has 1 aliphatic heterocycles. The number of rotatable bonds is 3. The van der Waals surface area contributed by atoms with Gasteiger partial charge in [0, 0.05) is 35.0 Å². The molecule has 0 spiro atoms. The van der Waals surface area contributed by atoms with E-state index in [4.69, 9.17) is 16.6 Å². The first-order valence-electron chi connectivity index (χ1n) is 6.78. The smallest absolute Gasteiger partial charge is 0.185 e. The largest absolute Gasteiger partial charge is 0.393 e. The van der Waals surface area contributed by atoms with Crippen molar-refractivity contribution in [1.29, 1.82) is 0 Å². The number of thiazole rings is 1. The quantitative estimate of drug-likeness (QED) is 0.940. The zero-order chi connectivity index (χ0) is 14.1. The highest BCUT2D eigenvalue weighted by Crippen LogP contribution is 2.34. The number of anilines is 1. The second kappa shape index (κ2) is 5.72. The van der Waals surface area contributed by atoms with Crippen LogP contribution in [0.25, 0.3) is 11.3 Å². The van der Waals surface area contributed by atoms with Crippen LogP contribution in [0.5, 0.6) is 0 Å². The third-order valence-electron chi connectivity index (χ3n) is 3.82. The highest BCUT2D eigenvalue weighted by Gasteiger charge is 2.27. The third-order valence-corrected chi connectivity index (χ3v) is 5.05. The Morgan fingerprint density at radius 1 is 1.45 bits per heavy atom. The van der Waals surface area contributed by atoms with Crippen LogP contribution in [0.15, 0.2) is 29.6 Å². The highest BCUT2D eigenvalue weighted by atomic mass is 35.5. The van der Waals surface area contributed by atoms with E-state index >= 15 is 0 Å². The van der Waals surface area contributed by atoms with E-state index < -0.39 is 0 Å². The molecule has 2 unspecified atom stereocenters. The lowest BCUT2D eigenvalue weighted by molar-refractivity contribution is 0.136. The van der Waals surface area contributed by atoms with Crippen LogP contribution in [0.1, 0.15) is 13.3 Å². The van der Waals surface area contributed by atoms with Crippen LogP contribution in [-0.2, 0) is 0 Å². The fourth-order valence-electron chi connectivity index (χ4n) is 2.56. The van der Waals surface area contributed by atoms with Gasteiger partial charge < -0.3 is 10.0 Å². The first-order chi connectivity index (χ1) is 9.65. The highest BCUT2D eigenvalue weighted by molar-refractivity contribution is 7.14. The van der Waals surface area contributed by atoms with Gasteiger partial charge in [0.05, 0.1) is 11.8 Å². The van der Waals surface area contributed by atoms with Gasteiger partial charge in [-0.3, -0.25) is 0 Å². The molecule has 1 aromatic carbocycles. The maximum absolute atomic E-state index is 9.68. The van der Waals surface area contributed by atoms with Crippen LogP contribution in [0.3, 0.4) is 0 Å². The summed E-state index contributed by atoms with van der Waals surface area (Å²) < 4.78 is 0. The van der Waals surface area contributed by atoms with E-state index in [1.807, 2.05) is 36.6 Å². The Kier molecular flexibility index (Phi) is 3.96. The number of benzene rings is 1. The Labute approximate surface area is 127 Å². The molecule has 2 aromatic rings. The molecule has 106 valence electrons. The van der Waals surface area contributed by atoms with Gasteiger partial charge in [-0.2, -0.15) is 0 Å². The molecule has 0 bridgehead atoms. The maximum atomic E-state index is 9.68. The second-order valence-electron chi connectivity index (χ2n) is 5.23. The Balaban J connectivity index is 1.80. The molecule has 0 saturated carbocycles. The number of hydrogen-bond acceptors (Lipinski definition) is 4. The minimum absolute atomic E-state index is 0.247. The number of hydrogen-bond donors (Lipinski definition) is 1. The van der Waals surface area contributed by atoms with Crippen molar-refractivity contribution in [3.63, 3.8) is 0 Å². The van der Waals surface area contributed by atoms with E-state index in [0.29, 0.717) is 5.92 Å². The van der Waals surface area contributed by atoms with Gasteiger partial charge in [-0.15, -0.1) is 11.3 Å². The van der Waals surface area contributed by atoms with Gasteiger partial charge in [0.15, 0.2) is 5.13 Å². The first kappa shape index (κ1) is 13.9. The van der Waals surface area contributed by atoms with Gasteiger partial charge in [0.2, 0.25) is 0 Å². The molecule has 1 aromatic heterocycles. The minimum Gasteiger partial charge on any atom is -0.393 e.